The van der Waals surface area contributed by atoms with Gasteiger partial charge in [-0.1, -0.05) is 56.9 Å². The van der Waals surface area contributed by atoms with E-state index in [2.05, 4.69) is 28.2 Å². The molecule has 2 saturated heterocycles. The molecule has 0 radical (unpaired) electrons. The number of ether oxygens (including phenoxy) is 11. The molecule has 0 bridgehead atoms. The van der Waals surface area contributed by atoms with Crippen LogP contribution in [-0.4, -0.2) is 228 Å². The third-order valence-electron chi connectivity index (χ3n) is 12.7. The predicted octanol–water partition coefficient (Wildman–Crippen LogP) is 3.31. The van der Waals surface area contributed by atoms with E-state index in [9.17, 15) is 29.4 Å². The summed E-state index contributed by atoms with van der Waals surface area (Å²) in [5.74, 6) is 0.445. The molecular formula is C54H96N4O17S. The number of thioether (sulfide) groups is 1. The Kier molecular flexibility index (Phi) is 41.8. The maximum Gasteiger partial charge on any atom is 0.315 e. The molecule has 1 saturated carbocycles. The Bertz CT molecular complexity index is 1540. The van der Waals surface area contributed by atoms with Crippen LogP contribution >= 0.6 is 11.8 Å². The van der Waals surface area contributed by atoms with Gasteiger partial charge in [-0.15, -0.1) is 0 Å². The van der Waals surface area contributed by atoms with Crippen molar-refractivity contribution in [1.82, 2.24) is 21.3 Å². The number of allylic oxidation sites excluding steroid dienone is 2. The number of ketones is 1. The van der Waals surface area contributed by atoms with Gasteiger partial charge in [0.25, 0.3) is 0 Å². The molecule has 4 amide bonds. The third kappa shape index (κ3) is 34.9. The molecule has 21 nitrogen and oxygen atoms in total. The molecule has 76 heavy (non-hydrogen) atoms. The smallest absolute Gasteiger partial charge is 0.315 e. The van der Waals surface area contributed by atoms with E-state index in [1.165, 1.54) is 0 Å². The van der Waals surface area contributed by atoms with E-state index in [0.29, 0.717) is 196 Å². The predicted molar refractivity (Wildman–Crippen MR) is 288 cm³/mol. The van der Waals surface area contributed by atoms with Crippen molar-refractivity contribution in [2.24, 2.45) is 11.8 Å². The van der Waals surface area contributed by atoms with Crippen molar-refractivity contribution in [2.45, 2.75) is 120 Å². The summed E-state index contributed by atoms with van der Waals surface area (Å²) in [4.78, 5) is 48.2. The first-order valence-corrected chi connectivity index (χ1v) is 29.1. The third-order valence-corrected chi connectivity index (χ3v) is 14.2. The molecular weight excluding hydrogens is 1010 g/mol. The minimum atomic E-state index is -0.710. The van der Waals surface area contributed by atoms with Crippen LogP contribution in [0.25, 0.3) is 0 Å². The van der Waals surface area contributed by atoms with Gasteiger partial charge < -0.3 is 83.6 Å². The highest BCUT2D eigenvalue weighted by atomic mass is 32.2. The van der Waals surface area contributed by atoms with Crippen LogP contribution in [0.4, 0.5) is 4.79 Å². The first-order chi connectivity index (χ1) is 37.3. The van der Waals surface area contributed by atoms with E-state index in [-0.39, 0.29) is 54.0 Å². The van der Waals surface area contributed by atoms with Gasteiger partial charge in [-0.25, -0.2) is 4.79 Å². The maximum atomic E-state index is 12.5. The lowest BCUT2D eigenvalue weighted by Gasteiger charge is -2.16. The van der Waals surface area contributed by atoms with Crippen LogP contribution < -0.4 is 21.3 Å². The topological polar surface area (TPSA) is 258 Å². The zero-order chi connectivity index (χ0) is 54.4. The summed E-state index contributed by atoms with van der Waals surface area (Å²) in [6.07, 6.45) is 15.9. The van der Waals surface area contributed by atoms with Crippen LogP contribution in [-0.2, 0) is 66.5 Å². The number of hydrogen-bond acceptors (Lipinski definition) is 18. The second-order valence-electron chi connectivity index (χ2n) is 18.8. The zero-order valence-corrected chi connectivity index (χ0v) is 46.5. The Hall–Kier alpha value is -2.81. The molecule has 3 rings (SSSR count). The van der Waals surface area contributed by atoms with Gasteiger partial charge in [0.05, 0.1) is 170 Å². The summed E-state index contributed by atoms with van der Waals surface area (Å²) in [5, 5.41) is 32.7. The lowest BCUT2D eigenvalue weighted by Crippen LogP contribution is -2.36. The minimum Gasteiger partial charge on any atom is -0.392 e. The zero-order valence-electron chi connectivity index (χ0n) is 45.6. The summed E-state index contributed by atoms with van der Waals surface area (Å²) in [5.41, 5.74) is 0. The molecule has 3 fully saturated rings. The summed E-state index contributed by atoms with van der Waals surface area (Å²) >= 11 is 1.90. The molecule has 6 N–H and O–H groups in total. The number of rotatable bonds is 53. The van der Waals surface area contributed by atoms with Crippen LogP contribution in [0.15, 0.2) is 24.3 Å². The number of nitrogens with one attached hydrogen (secondary N) is 4. The molecule has 0 aromatic rings. The van der Waals surface area contributed by atoms with Crippen LogP contribution in [0.1, 0.15) is 90.4 Å². The molecule has 2 aliphatic heterocycles. The van der Waals surface area contributed by atoms with Crippen molar-refractivity contribution >= 4 is 35.4 Å². The monoisotopic (exact) mass is 1100 g/mol. The molecule has 2 heterocycles. The Morgan fingerprint density at radius 3 is 1.55 bits per heavy atom. The number of carbonyl (C=O) groups is 4. The fraction of sp³-hybridized carbons (Fsp3) is 0.852. The van der Waals surface area contributed by atoms with E-state index >= 15 is 0 Å². The molecule has 440 valence electrons. The second-order valence-corrected chi connectivity index (χ2v) is 20.0. The molecule has 0 spiro atoms. The average Bonchev–Trinajstić information content (AvgIpc) is 4.07. The van der Waals surface area contributed by atoms with Crippen LogP contribution in [0.2, 0.25) is 0 Å². The van der Waals surface area contributed by atoms with E-state index in [0.717, 1.165) is 50.7 Å². The number of amides is 4. The number of fused-ring (bicyclic) bond motifs is 1. The van der Waals surface area contributed by atoms with Gasteiger partial charge in [0.15, 0.2) is 0 Å². The minimum absolute atomic E-state index is 0.0331. The van der Waals surface area contributed by atoms with Crippen molar-refractivity contribution in [2.75, 3.05) is 164 Å². The van der Waals surface area contributed by atoms with Crippen LogP contribution in [0.5, 0.6) is 0 Å². The molecule has 22 heteroatoms. The van der Waals surface area contributed by atoms with Gasteiger partial charge >= 0.3 is 6.03 Å². The highest BCUT2D eigenvalue weighted by molar-refractivity contribution is 8.00. The fourth-order valence-corrected chi connectivity index (χ4v) is 10.0. The Morgan fingerprint density at radius 1 is 0.618 bits per heavy atom. The number of urea groups is 1. The Balaban J connectivity index is 0.914. The number of Topliss-reactive ketones (excluding diaryl/α,β-unsaturated/α-hetero) is 1. The van der Waals surface area contributed by atoms with Gasteiger partial charge in [-0.3, -0.25) is 14.4 Å². The van der Waals surface area contributed by atoms with Crippen molar-refractivity contribution in [3.63, 3.8) is 0 Å². The average molecular weight is 1110 g/mol. The fourth-order valence-electron chi connectivity index (χ4n) is 8.50. The number of aliphatic hydroxyl groups excluding tert-OH is 2. The molecule has 1 aliphatic carbocycles. The summed E-state index contributed by atoms with van der Waals surface area (Å²) in [7, 11) is 0. The number of aliphatic hydroxyl groups is 2. The van der Waals surface area contributed by atoms with E-state index in [1.54, 1.807) is 6.08 Å². The van der Waals surface area contributed by atoms with E-state index in [4.69, 9.17) is 52.1 Å². The highest BCUT2D eigenvalue weighted by Gasteiger charge is 2.42. The summed E-state index contributed by atoms with van der Waals surface area (Å²) < 4.78 is 60.7. The summed E-state index contributed by atoms with van der Waals surface area (Å²) in [6.45, 7) is 13.1. The van der Waals surface area contributed by atoms with Crippen LogP contribution in [0.3, 0.4) is 0 Å². The lowest BCUT2D eigenvalue weighted by atomic mass is 9.90. The van der Waals surface area contributed by atoms with Crippen LogP contribution in [0, 0.1) is 11.8 Å². The maximum absolute atomic E-state index is 12.5. The van der Waals surface area contributed by atoms with Crippen molar-refractivity contribution in [3.8, 4) is 0 Å². The second kappa shape index (κ2) is 47.0. The van der Waals surface area contributed by atoms with E-state index in [1.807, 2.05) is 30.0 Å². The number of hydrogen-bond donors (Lipinski definition) is 6. The van der Waals surface area contributed by atoms with Crippen molar-refractivity contribution in [3.05, 3.63) is 24.3 Å². The quantitative estimate of drug-likeness (QED) is 0.0290. The molecule has 7 atom stereocenters. The van der Waals surface area contributed by atoms with Gasteiger partial charge in [0.2, 0.25) is 11.8 Å². The Labute approximate surface area is 456 Å². The molecule has 3 aliphatic rings. The van der Waals surface area contributed by atoms with Gasteiger partial charge in [-0.05, 0) is 38.5 Å². The normalized spacial score (nSPS) is 20.7. The molecule has 0 aromatic heterocycles. The largest absolute Gasteiger partial charge is 0.392 e. The number of carbonyl (C=O) groups excluding carboxylic acids is 4. The van der Waals surface area contributed by atoms with Gasteiger partial charge in [0.1, 0.15) is 5.78 Å². The number of unbranched alkanes of at least 4 members (excludes halogenated alkanes) is 4. The van der Waals surface area contributed by atoms with E-state index < -0.39 is 12.2 Å². The standard InChI is InChI=1S/C54H96N4O17S/c1-2-3-6-11-44(59)16-17-46-45(48(60)42-49(46)61)12-7-4-5-8-14-51(62)55-18-20-65-22-24-67-26-28-69-30-32-71-34-36-73-38-40-75-41-39-74-37-35-72-33-31-70-29-27-68-25-23-66-21-19-56-52(63)15-10-9-13-50-53-47(43-76-50)57-54(64)58-53/h4,7,16-17,44-47,49-50,53,59,61H,2-3,5-6,8-15,18-43H2,1H3,(H,55,62)(H,56,63)(H2,57,58,64)/b7-4-,17-16+/t44-,45+,46+,47-,49+,50+,53-/m0/s1. The highest BCUT2D eigenvalue weighted by Crippen LogP contribution is 2.34. The van der Waals surface area contributed by atoms with Crippen molar-refractivity contribution in [1.29, 1.82) is 0 Å². The first kappa shape index (κ1) is 67.5. The first-order valence-electron chi connectivity index (χ1n) is 28.1. The van der Waals surface area contributed by atoms with Gasteiger partial charge in [0, 0.05) is 55.2 Å². The summed E-state index contributed by atoms with van der Waals surface area (Å²) in [6, 6.07) is 0.385. The van der Waals surface area contributed by atoms with Crippen molar-refractivity contribution < 1.29 is 81.5 Å². The lowest BCUT2D eigenvalue weighted by molar-refractivity contribution is -0.122. The SMILES string of the molecule is CCCCC[C@H](O)/C=C/[C@H]1[C@H](O)CC(=O)[C@@H]1C/C=C\CCCC(=O)NCCOCCOCCOCCOCCOCCOCCOCCOCCOCCOCCOCCNC(=O)CCCC[C@H]1SC[C@@H]2NC(=O)N[C@@H]21. The molecule has 0 unspecified atom stereocenters. The Morgan fingerprint density at radius 2 is 1.08 bits per heavy atom. The van der Waals surface area contributed by atoms with Gasteiger partial charge in [-0.2, -0.15) is 11.8 Å². The molecule has 0 aromatic carbocycles.